The average molecular weight is 360 g/mol. The highest BCUT2D eigenvalue weighted by molar-refractivity contribution is 5.83. The molecule has 0 aliphatic carbocycles. The van der Waals surface area contributed by atoms with Crippen molar-refractivity contribution in [3.05, 3.63) is 23.8 Å². The molecule has 1 aromatic carbocycles. The Morgan fingerprint density at radius 3 is 2.12 bits per heavy atom. The summed E-state index contributed by atoms with van der Waals surface area (Å²) < 4.78 is 0. The molecule has 142 valence electrons. The summed E-state index contributed by atoms with van der Waals surface area (Å²) in [5.41, 5.74) is 0.652. The molecule has 1 rings (SSSR count). The van der Waals surface area contributed by atoms with Crippen molar-refractivity contribution in [1.29, 1.82) is 0 Å². The normalized spacial score (nSPS) is 17.5. The Hall–Kier alpha value is -1.75. The van der Waals surface area contributed by atoms with Crippen LogP contribution in [0.3, 0.4) is 0 Å². The molecule has 0 aromatic heterocycles. The van der Waals surface area contributed by atoms with Crippen LogP contribution in [0.5, 0.6) is 11.5 Å². The summed E-state index contributed by atoms with van der Waals surface area (Å²) in [6.45, 7) is -0.867. The van der Waals surface area contributed by atoms with E-state index < -0.39 is 42.9 Å². The quantitative estimate of drug-likeness (QED) is 0.215. The van der Waals surface area contributed by atoms with Gasteiger partial charge in [0, 0.05) is 6.42 Å². The number of ketones is 1. The van der Waals surface area contributed by atoms with Crippen molar-refractivity contribution in [2.24, 2.45) is 0 Å². The van der Waals surface area contributed by atoms with Crippen molar-refractivity contribution in [2.45, 2.75) is 49.8 Å². The summed E-state index contributed by atoms with van der Waals surface area (Å²) >= 11 is 0. The van der Waals surface area contributed by atoms with Crippen LogP contribution in [0.2, 0.25) is 0 Å². The van der Waals surface area contributed by atoms with Crippen molar-refractivity contribution in [1.82, 2.24) is 0 Å². The van der Waals surface area contributed by atoms with Gasteiger partial charge in [0.2, 0.25) is 0 Å². The van der Waals surface area contributed by atoms with Gasteiger partial charge in [-0.15, -0.1) is 0 Å². The second-order valence-corrected chi connectivity index (χ2v) is 5.81. The van der Waals surface area contributed by atoms with Crippen LogP contribution < -0.4 is 0 Å². The fourth-order valence-corrected chi connectivity index (χ4v) is 2.25. The predicted octanol–water partition coefficient (Wildman–Crippen LogP) is -2.21. The van der Waals surface area contributed by atoms with Gasteiger partial charge in [0.15, 0.2) is 17.3 Å². The summed E-state index contributed by atoms with van der Waals surface area (Å²) in [6, 6.07) is 4.19. The van der Waals surface area contributed by atoms with E-state index in [2.05, 4.69) is 0 Å². The van der Waals surface area contributed by atoms with Crippen LogP contribution in [0.1, 0.15) is 18.4 Å². The van der Waals surface area contributed by atoms with Crippen molar-refractivity contribution in [3.63, 3.8) is 0 Å². The van der Waals surface area contributed by atoms with E-state index >= 15 is 0 Å². The molecule has 0 heterocycles. The van der Waals surface area contributed by atoms with Gasteiger partial charge in [0.1, 0.15) is 30.5 Å². The zero-order valence-corrected chi connectivity index (χ0v) is 13.4. The van der Waals surface area contributed by atoms with Crippen molar-refractivity contribution in [2.75, 3.05) is 6.61 Å². The molecular formula is C16H24O9. The summed E-state index contributed by atoms with van der Waals surface area (Å²) in [4.78, 5) is 11.9. The van der Waals surface area contributed by atoms with E-state index in [-0.39, 0.29) is 24.3 Å². The number of aryl methyl sites for hydroxylation is 1. The van der Waals surface area contributed by atoms with Crippen molar-refractivity contribution >= 4 is 5.78 Å². The van der Waals surface area contributed by atoms with Crippen LogP contribution in [0.4, 0.5) is 0 Å². The van der Waals surface area contributed by atoms with E-state index in [4.69, 9.17) is 5.11 Å². The topological polar surface area (TPSA) is 179 Å². The van der Waals surface area contributed by atoms with Crippen LogP contribution >= 0.6 is 0 Å². The van der Waals surface area contributed by atoms with Crippen LogP contribution in [-0.4, -0.2) is 83.8 Å². The number of Topliss-reactive ketones (excluding diaryl/α,β-unsaturated/α-hetero) is 1. The molecule has 0 saturated carbocycles. The van der Waals surface area contributed by atoms with E-state index in [0.717, 1.165) is 0 Å². The number of hydrogen-bond acceptors (Lipinski definition) is 9. The first-order chi connectivity index (χ1) is 11.7. The fraction of sp³-hybridized carbons (Fsp3) is 0.562. The lowest BCUT2D eigenvalue weighted by Gasteiger charge is -2.27. The van der Waals surface area contributed by atoms with Crippen LogP contribution in [-0.2, 0) is 11.2 Å². The maximum atomic E-state index is 11.9. The first-order valence-corrected chi connectivity index (χ1v) is 7.73. The van der Waals surface area contributed by atoms with Gasteiger partial charge < -0.3 is 40.9 Å². The lowest BCUT2D eigenvalue weighted by atomic mass is 9.95. The number of hydrogen-bond donors (Lipinski definition) is 8. The molecule has 0 saturated heterocycles. The second kappa shape index (κ2) is 9.66. The molecule has 5 unspecified atom stereocenters. The third kappa shape index (κ3) is 5.92. The van der Waals surface area contributed by atoms with E-state index in [1.807, 2.05) is 0 Å². The van der Waals surface area contributed by atoms with Gasteiger partial charge in [-0.25, -0.2) is 0 Å². The summed E-state index contributed by atoms with van der Waals surface area (Å²) in [5.74, 6) is -1.34. The monoisotopic (exact) mass is 360 g/mol. The zero-order chi connectivity index (χ0) is 19.1. The Kier molecular flexibility index (Phi) is 8.23. The summed E-state index contributed by atoms with van der Waals surface area (Å²) in [7, 11) is 0. The molecule has 5 atom stereocenters. The number of benzene rings is 1. The maximum Gasteiger partial charge on any atom is 0.164 e. The van der Waals surface area contributed by atoms with Crippen LogP contribution in [0.15, 0.2) is 18.2 Å². The number of aliphatic hydroxyl groups is 6. The Morgan fingerprint density at radius 2 is 1.56 bits per heavy atom. The molecule has 1 aromatic rings. The Labute approximate surface area is 144 Å². The highest BCUT2D eigenvalue weighted by Gasteiger charge is 2.36. The molecule has 0 amide bonds. The predicted molar refractivity (Wildman–Crippen MR) is 84.8 cm³/mol. The third-order valence-corrected chi connectivity index (χ3v) is 3.86. The SMILES string of the molecule is O=C(CCCc1ccc(O)c(O)c1)C(O)C(O)C(O)C(O)C(O)CO. The molecule has 0 bridgehead atoms. The van der Waals surface area contributed by atoms with Crippen molar-refractivity contribution in [3.8, 4) is 11.5 Å². The van der Waals surface area contributed by atoms with Gasteiger partial charge in [-0.05, 0) is 30.5 Å². The van der Waals surface area contributed by atoms with E-state index in [1.54, 1.807) is 6.07 Å². The minimum Gasteiger partial charge on any atom is -0.504 e. The molecule has 0 aliphatic rings. The molecule has 9 heteroatoms. The smallest absolute Gasteiger partial charge is 0.164 e. The number of carbonyl (C=O) groups excluding carboxylic acids is 1. The average Bonchev–Trinajstić information content (AvgIpc) is 2.61. The van der Waals surface area contributed by atoms with Gasteiger partial charge >= 0.3 is 0 Å². The highest BCUT2D eigenvalue weighted by Crippen LogP contribution is 2.25. The zero-order valence-electron chi connectivity index (χ0n) is 13.4. The van der Waals surface area contributed by atoms with Gasteiger partial charge in [0.05, 0.1) is 6.61 Å². The number of carbonyl (C=O) groups is 1. The van der Waals surface area contributed by atoms with Gasteiger partial charge in [-0.2, -0.15) is 0 Å². The first kappa shape index (κ1) is 21.3. The summed E-state index contributed by atoms with van der Waals surface area (Å²) in [6.07, 6.45) is -9.19. The van der Waals surface area contributed by atoms with Gasteiger partial charge in [-0.1, -0.05) is 6.07 Å². The number of aliphatic hydroxyl groups excluding tert-OH is 6. The van der Waals surface area contributed by atoms with Gasteiger partial charge in [-0.3, -0.25) is 4.79 Å². The van der Waals surface area contributed by atoms with E-state index in [9.17, 15) is 40.5 Å². The largest absolute Gasteiger partial charge is 0.504 e. The third-order valence-electron chi connectivity index (χ3n) is 3.86. The maximum absolute atomic E-state index is 11.9. The molecule has 0 spiro atoms. The molecule has 0 aliphatic heterocycles. The molecule has 9 nitrogen and oxygen atoms in total. The van der Waals surface area contributed by atoms with Crippen LogP contribution in [0, 0.1) is 0 Å². The molecule has 25 heavy (non-hydrogen) atoms. The minimum absolute atomic E-state index is 0.148. The lowest BCUT2D eigenvalue weighted by molar-refractivity contribution is -0.155. The molecular weight excluding hydrogens is 336 g/mol. The highest BCUT2D eigenvalue weighted by atomic mass is 16.4. The molecule has 8 N–H and O–H groups in total. The number of aromatic hydroxyl groups is 2. The van der Waals surface area contributed by atoms with E-state index in [0.29, 0.717) is 12.0 Å². The second-order valence-electron chi connectivity index (χ2n) is 5.81. The first-order valence-electron chi connectivity index (χ1n) is 7.73. The molecule has 0 fully saturated rings. The van der Waals surface area contributed by atoms with Crippen molar-refractivity contribution < 1.29 is 45.6 Å². The fourth-order valence-electron chi connectivity index (χ4n) is 2.25. The lowest BCUT2D eigenvalue weighted by Crippen LogP contribution is -2.51. The minimum atomic E-state index is -2.03. The summed E-state index contributed by atoms with van der Waals surface area (Å²) in [5, 5.41) is 75.0. The Morgan fingerprint density at radius 1 is 0.920 bits per heavy atom. The van der Waals surface area contributed by atoms with E-state index in [1.165, 1.54) is 12.1 Å². The Bertz CT molecular complexity index is 563. The Balaban J connectivity index is 2.51. The van der Waals surface area contributed by atoms with Gasteiger partial charge in [0.25, 0.3) is 0 Å². The number of phenolic OH excluding ortho intramolecular Hbond substituents is 2. The number of rotatable bonds is 10. The molecule has 0 radical (unpaired) electrons. The van der Waals surface area contributed by atoms with Crippen LogP contribution in [0.25, 0.3) is 0 Å². The number of phenols is 2. The standard InChI is InChI=1S/C16H24O9/c17-7-12(21)14(23)16(25)15(24)13(22)10(19)3-1-2-8-4-5-9(18)11(20)6-8/h4-6,12-18,20-25H,1-3,7H2.